The van der Waals surface area contributed by atoms with Crippen molar-refractivity contribution in [2.75, 3.05) is 11.8 Å². The fourth-order valence-electron chi connectivity index (χ4n) is 2.85. The number of aromatic nitrogens is 2. The summed E-state index contributed by atoms with van der Waals surface area (Å²) in [7, 11) is -2.05. The Kier molecular flexibility index (Phi) is 4.82. The van der Waals surface area contributed by atoms with Crippen LogP contribution in [0.15, 0.2) is 82.4 Å². The van der Waals surface area contributed by atoms with Gasteiger partial charge in [-0.15, -0.1) is 0 Å². The van der Waals surface area contributed by atoms with Crippen molar-refractivity contribution >= 4 is 42.7 Å². The minimum Gasteiger partial charge on any atom is -0.497 e. The van der Waals surface area contributed by atoms with Gasteiger partial charge >= 0.3 is 0 Å². The van der Waals surface area contributed by atoms with E-state index in [2.05, 4.69) is 25.6 Å². The maximum absolute atomic E-state index is 12.6. The zero-order valence-electron chi connectivity index (χ0n) is 14.8. The molecule has 0 radical (unpaired) electrons. The molecule has 0 aliphatic heterocycles. The van der Waals surface area contributed by atoms with E-state index in [4.69, 9.17) is 4.74 Å². The molecule has 0 unspecified atom stereocenters. The molecule has 8 heteroatoms. The van der Waals surface area contributed by atoms with Crippen molar-refractivity contribution in [3.8, 4) is 11.4 Å². The number of hydrogen-bond donors (Lipinski definition) is 1. The van der Waals surface area contributed by atoms with Crippen LogP contribution in [-0.2, 0) is 10.0 Å². The smallest absolute Gasteiger partial charge is 0.261 e. The highest BCUT2D eigenvalue weighted by atomic mass is 79.9. The Balaban J connectivity index is 1.64. The molecule has 0 fully saturated rings. The summed E-state index contributed by atoms with van der Waals surface area (Å²) in [6.07, 6.45) is 1.71. The van der Waals surface area contributed by atoms with Gasteiger partial charge in [0.25, 0.3) is 10.0 Å². The summed E-state index contributed by atoms with van der Waals surface area (Å²) in [5.41, 5.74) is 2.95. The van der Waals surface area contributed by atoms with E-state index in [9.17, 15) is 8.42 Å². The highest BCUT2D eigenvalue weighted by Crippen LogP contribution is 2.25. The van der Waals surface area contributed by atoms with Crippen molar-refractivity contribution in [3.63, 3.8) is 0 Å². The number of nitrogens with one attached hydrogen (secondary N) is 1. The maximum Gasteiger partial charge on any atom is 0.261 e. The fraction of sp³-hybridized carbons (Fsp3) is 0.0500. The number of hydrogen-bond acceptors (Lipinski definition) is 4. The molecule has 1 heterocycles. The number of anilines is 1. The fourth-order valence-corrected chi connectivity index (χ4v) is 4.17. The predicted octanol–water partition coefficient (Wildman–Crippen LogP) is 4.60. The van der Waals surface area contributed by atoms with Crippen molar-refractivity contribution in [3.05, 3.63) is 77.5 Å². The molecule has 0 aliphatic carbocycles. The second kappa shape index (κ2) is 7.29. The van der Waals surface area contributed by atoms with Crippen LogP contribution in [0.5, 0.6) is 5.75 Å². The normalized spacial score (nSPS) is 11.5. The topological polar surface area (TPSA) is 73.2 Å². The van der Waals surface area contributed by atoms with E-state index in [1.54, 1.807) is 49.8 Å². The highest BCUT2D eigenvalue weighted by Gasteiger charge is 2.15. The molecule has 142 valence electrons. The van der Waals surface area contributed by atoms with Crippen LogP contribution in [0.4, 0.5) is 5.69 Å². The third-order valence-electron chi connectivity index (χ3n) is 4.27. The van der Waals surface area contributed by atoms with Gasteiger partial charge in [-0.1, -0.05) is 15.9 Å². The van der Waals surface area contributed by atoms with Crippen molar-refractivity contribution in [1.82, 2.24) is 9.55 Å². The summed E-state index contributed by atoms with van der Waals surface area (Å²) in [5.74, 6) is 0.776. The first-order valence-corrected chi connectivity index (χ1v) is 10.6. The number of methoxy groups -OCH3 is 1. The van der Waals surface area contributed by atoms with Gasteiger partial charge in [0.15, 0.2) is 0 Å². The molecule has 0 aliphatic rings. The first-order chi connectivity index (χ1) is 13.5. The Labute approximate surface area is 171 Å². The largest absolute Gasteiger partial charge is 0.497 e. The number of nitrogens with zero attached hydrogens (tertiary/aromatic N) is 2. The maximum atomic E-state index is 12.6. The van der Waals surface area contributed by atoms with Crippen molar-refractivity contribution in [1.29, 1.82) is 0 Å². The average molecular weight is 458 g/mol. The van der Waals surface area contributed by atoms with Crippen molar-refractivity contribution in [2.24, 2.45) is 0 Å². The van der Waals surface area contributed by atoms with Gasteiger partial charge in [-0.25, -0.2) is 13.4 Å². The number of ether oxygens (including phenoxy) is 1. The molecule has 1 aromatic heterocycles. The molecule has 6 nitrogen and oxygen atoms in total. The lowest BCUT2D eigenvalue weighted by Crippen LogP contribution is -2.12. The number of rotatable bonds is 5. The lowest BCUT2D eigenvalue weighted by atomic mass is 10.2. The lowest BCUT2D eigenvalue weighted by molar-refractivity contribution is 0.415. The molecule has 4 aromatic rings. The Morgan fingerprint density at radius 2 is 1.71 bits per heavy atom. The summed E-state index contributed by atoms with van der Waals surface area (Å²) >= 11 is 3.30. The van der Waals surface area contributed by atoms with Gasteiger partial charge in [0.05, 0.1) is 28.7 Å². The summed E-state index contributed by atoms with van der Waals surface area (Å²) in [5, 5.41) is 0. The zero-order valence-corrected chi connectivity index (χ0v) is 17.2. The minimum absolute atomic E-state index is 0.194. The number of imidazole rings is 1. The molecule has 0 amide bonds. The number of fused-ring (bicyclic) bond motifs is 1. The van der Waals surface area contributed by atoms with Crippen molar-refractivity contribution < 1.29 is 13.2 Å². The van der Waals surface area contributed by atoms with Gasteiger partial charge in [-0.3, -0.25) is 9.29 Å². The average Bonchev–Trinajstić information content (AvgIpc) is 3.11. The van der Waals surface area contributed by atoms with Crippen LogP contribution in [0, 0.1) is 0 Å². The Morgan fingerprint density at radius 3 is 2.39 bits per heavy atom. The van der Waals surface area contributed by atoms with E-state index in [1.165, 1.54) is 0 Å². The molecular weight excluding hydrogens is 442 g/mol. The van der Waals surface area contributed by atoms with E-state index in [-0.39, 0.29) is 4.90 Å². The van der Waals surface area contributed by atoms with Gasteiger partial charge in [0.1, 0.15) is 12.1 Å². The summed E-state index contributed by atoms with van der Waals surface area (Å²) in [6, 6.07) is 19.4. The summed E-state index contributed by atoms with van der Waals surface area (Å²) in [6.45, 7) is 0. The van der Waals surface area contributed by atoms with Crippen LogP contribution < -0.4 is 9.46 Å². The van der Waals surface area contributed by atoms with Crippen LogP contribution in [0.25, 0.3) is 16.7 Å². The van der Waals surface area contributed by atoms with Crippen molar-refractivity contribution in [2.45, 2.75) is 4.90 Å². The minimum atomic E-state index is -3.67. The lowest BCUT2D eigenvalue weighted by Gasteiger charge is -2.09. The van der Waals surface area contributed by atoms with Gasteiger partial charge in [0, 0.05) is 10.2 Å². The van der Waals surface area contributed by atoms with Gasteiger partial charge < -0.3 is 4.74 Å². The van der Waals surface area contributed by atoms with Crippen LogP contribution in [0.2, 0.25) is 0 Å². The molecule has 4 rings (SSSR count). The zero-order chi connectivity index (χ0) is 19.7. The molecule has 3 aromatic carbocycles. The predicted molar refractivity (Wildman–Crippen MR) is 113 cm³/mol. The standard InChI is InChI=1S/C20H16BrN3O3S/c1-27-17-7-5-16(6-8-17)24-13-22-19-12-15(4-11-20(19)24)23-28(25,26)18-9-2-14(21)3-10-18/h2-13,23H,1H3. The van der Waals surface area contributed by atoms with Gasteiger partial charge in [-0.05, 0) is 66.7 Å². The van der Waals surface area contributed by atoms with Crippen LogP contribution in [-0.4, -0.2) is 25.1 Å². The Morgan fingerprint density at radius 1 is 1.00 bits per heavy atom. The molecule has 1 N–H and O–H groups in total. The monoisotopic (exact) mass is 457 g/mol. The number of halogens is 1. The Bertz CT molecular complexity index is 1230. The van der Waals surface area contributed by atoms with Crippen LogP contribution in [0.1, 0.15) is 0 Å². The van der Waals surface area contributed by atoms with E-state index in [0.717, 1.165) is 21.4 Å². The van der Waals surface area contributed by atoms with E-state index in [1.807, 2.05) is 34.9 Å². The first-order valence-electron chi connectivity index (χ1n) is 8.36. The SMILES string of the molecule is COc1ccc(-n2cnc3cc(NS(=O)(=O)c4ccc(Br)cc4)ccc32)cc1. The summed E-state index contributed by atoms with van der Waals surface area (Å²) < 4.78 is 35.7. The first kappa shape index (κ1) is 18.5. The Hall–Kier alpha value is -2.84. The molecule has 0 spiro atoms. The number of sulfonamides is 1. The second-order valence-corrected chi connectivity index (χ2v) is 8.67. The van der Waals surface area contributed by atoms with Gasteiger partial charge in [-0.2, -0.15) is 0 Å². The molecule has 0 atom stereocenters. The third kappa shape index (κ3) is 3.61. The number of benzene rings is 3. The molecule has 28 heavy (non-hydrogen) atoms. The van der Waals surface area contributed by atoms with Crippen LogP contribution >= 0.6 is 15.9 Å². The highest BCUT2D eigenvalue weighted by molar-refractivity contribution is 9.10. The van der Waals surface area contributed by atoms with E-state index >= 15 is 0 Å². The molecule has 0 saturated carbocycles. The quantitative estimate of drug-likeness (QED) is 0.475. The van der Waals surface area contributed by atoms with Crippen LogP contribution in [0.3, 0.4) is 0 Å². The second-order valence-electron chi connectivity index (χ2n) is 6.08. The molecule has 0 bridgehead atoms. The molecular formula is C20H16BrN3O3S. The molecule has 0 saturated heterocycles. The summed E-state index contributed by atoms with van der Waals surface area (Å²) in [4.78, 5) is 4.60. The van der Waals surface area contributed by atoms with Gasteiger partial charge in [0.2, 0.25) is 0 Å². The van der Waals surface area contributed by atoms with E-state index < -0.39 is 10.0 Å². The van der Waals surface area contributed by atoms with E-state index in [0.29, 0.717) is 11.2 Å². The third-order valence-corrected chi connectivity index (χ3v) is 6.20.